The smallest absolute Gasteiger partial charge is 0.317 e. The molecule has 1 saturated heterocycles. The molecule has 2 aromatic rings. The van der Waals surface area contributed by atoms with E-state index in [4.69, 9.17) is 0 Å². The third-order valence-electron chi connectivity index (χ3n) is 4.97. The third kappa shape index (κ3) is 5.74. The summed E-state index contributed by atoms with van der Waals surface area (Å²) in [7, 11) is 0. The van der Waals surface area contributed by atoms with E-state index in [1.54, 1.807) is 17.0 Å². The van der Waals surface area contributed by atoms with Gasteiger partial charge in [-0.25, -0.2) is 4.79 Å². The molecule has 3 rings (SSSR count). The second kappa shape index (κ2) is 9.78. The van der Waals surface area contributed by atoms with Crippen LogP contribution in [-0.4, -0.2) is 59.6 Å². The van der Waals surface area contributed by atoms with Gasteiger partial charge in [-0.2, -0.15) is 0 Å². The van der Waals surface area contributed by atoms with Crippen LogP contribution in [-0.2, 0) is 17.6 Å². The van der Waals surface area contributed by atoms with E-state index in [2.05, 4.69) is 5.32 Å². The Balaban J connectivity index is 1.34. The number of urea groups is 1. The highest BCUT2D eigenvalue weighted by Crippen LogP contribution is 2.11. The molecule has 3 amide bonds. The van der Waals surface area contributed by atoms with E-state index >= 15 is 0 Å². The van der Waals surface area contributed by atoms with Crippen LogP contribution in [0.4, 0.5) is 4.79 Å². The molecule has 6 nitrogen and oxygen atoms in total. The highest BCUT2D eigenvalue weighted by Gasteiger charge is 2.23. The van der Waals surface area contributed by atoms with Crippen LogP contribution in [0.25, 0.3) is 0 Å². The number of piperazine rings is 1. The normalized spacial score (nSPS) is 14.0. The minimum Gasteiger partial charge on any atom is -0.508 e. The summed E-state index contributed by atoms with van der Waals surface area (Å²) in [5.41, 5.74) is 2.15. The molecule has 0 aromatic heterocycles. The van der Waals surface area contributed by atoms with Gasteiger partial charge in [0.1, 0.15) is 5.75 Å². The highest BCUT2D eigenvalue weighted by molar-refractivity contribution is 5.79. The molecule has 0 saturated carbocycles. The van der Waals surface area contributed by atoms with Crippen molar-refractivity contribution >= 4 is 11.9 Å². The summed E-state index contributed by atoms with van der Waals surface area (Å²) in [6.07, 6.45) is 2.10. The Hall–Kier alpha value is -3.02. The Morgan fingerprint density at radius 3 is 2.18 bits per heavy atom. The Morgan fingerprint density at radius 1 is 0.857 bits per heavy atom. The summed E-state index contributed by atoms with van der Waals surface area (Å²) in [5, 5.41) is 12.2. The first kappa shape index (κ1) is 19.7. The van der Waals surface area contributed by atoms with E-state index in [0.717, 1.165) is 24.0 Å². The number of hydrogen-bond donors (Lipinski definition) is 2. The fraction of sp³-hybridized carbons (Fsp3) is 0.364. The Labute approximate surface area is 165 Å². The van der Waals surface area contributed by atoms with Gasteiger partial charge in [0.2, 0.25) is 5.91 Å². The Kier molecular flexibility index (Phi) is 6.89. The number of nitrogens with zero attached hydrogens (tertiary/aromatic N) is 2. The molecule has 1 aliphatic heterocycles. The van der Waals surface area contributed by atoms with E-state index in [9.17, 15) is 14.7 Å². The summed E-state index contributed by atoms with van der Waals surface area (Å²) in [4.78, 5) is 28.3. The van der Waals surface area contributed by atoms with Gasteiger partial charge in [-0.05, 0) is 36.1 Å². The lowest BCUT2D eigenvalue weighted by molar-refractivity contribution is -0.131. The Bertz CT molecular complexity index is 769. The van der Waals surface area contributed by atoms with Gasteiger partial charge in [0.25, 0.3) is 0 Å². The SMILES string of the molecule is O=C(Cc1ccccc1)N1CCN(C(=O)NCCCc2ccc(O)cc2)CC1. The molecule has 2 N–H and O–H groups in total. The number of carbonyl (C=O) groups excluding carboxylic acids is 2. The largest absolute Gasteiger partial charge is 0.508 e. The van der Waals surface area contributed by atoms with Crippen LogP contribution in [0.15, 0.2) is 54.6 Å². The highest BCUT2D eigenvalue weighted by atomic mass is 16.3. The molecule has 2 aromatic carbocycles. The summed E-state index contributed by atoms with van der Waals surface area (Å²) >= 11 is 0. The van der Waals surface area contributed by atoms with Gasteiger partial charge in [0, 0.05) is 32.7 Å². The van der Waals surface area contributed by atoms with Crippen LogP contribution < -0.4 is 5.32 Å². The van der Waals surface area contributed by atoms with Crippen molar-refractivity contribution in [2.24, 2.45) is 0 Å². The quantitative estimate of drug-likeness (QED) is 0.755. The van der Waals surface area contributed by atoms with Crippen LogP contribution in [0, 0.1) is 0 Å². The monoisotopic (exact) mass is 381 g/mol. The first-order valence-corrected chi connectivity index (χ1v) is 9.74. The van der Waals surface area contributed by atoms with Crippen LogP contribution in [0.1, 0.15) is 17.5 Å². The predicted molar refractivity (Wildman–Crippen MR) is 108 cm³/mol. The van der Waals surface area contributed by atoms with Gasteiger partial charge < -0.3 is 20.2 Å². The van der Waals surface area contributed by atoms with E-state index in [1.807, 2.05) is 47.4 Å². The van der Waals surface area contributed by atoms with E-state index in [-0.39, 0.29) is 17.7 Å². The van der Waals surface area contributed by atoms with Crippen LogP contribution >= 0.6 is 0 Å². The van der Waals surface area contributed by atoms with Crippen molar-refractivity contribution in [1.82, 2.24) is 15.1 Å². The molecule has 0 aliphatic carbocycles. The first-order valence-electron chi connectivity index (χ1n) is 9.74. The number of benzene rings is 2. The number of aromatic hydroxyl groups is 1. The zero-order valence-corrected chi connectivity index (χ0v) is 16.0. The maximum Gasteiger partial charge on any atom is 0.317 e. The molecule has 0 atom stereocenters. The summed E-state index contributed by atoms with van der Waals surface area (Å²) in [5.74, 6) is 0.374. The maximum atomic E-state index is 12.4. The van der Waals surface area contributed by atoms with E-state index in [1.165, 1.54) is 0 Å². The topological polar surface area (TPSA) is 72.9 Å². The molecule has 148 valence electrons. The second-order valence-corrected chi connectivity index (χ2v) is 7.03. The molecule has 0 bridgehead atoms. The minimum absolute atomic E-state index is 0.0686. The van der Waals surface area contributed by atoms with Crippen molar-refractivity contribution in [3.05, 3.63) is 65.7 Å². The summed E-state index contributed by atoms with van der Waals surface area (Å²) in [6.45, 7) is 2.88. The summed E-state index contributed by atoms with van der Waals surface area (Å²) < 4.78 is 0. The molecule has 28 heavy (non-hydrogen) atoms. The number of nitrogens with one attached hydrogen (secondary N) is 1. The predicted octanol–water partition coefficient (Wildman–Crippen LogP) is 2.42. The standard InChI is InChI=1S/C22H27N3O3/c26-20-10-8-18(9-11-20)7-4-12-23-22(28)25-15-13-24(14-16-25)21(27)17-19-5-2-1-3-6-19/h1-3,5-6,8-11,26H,4,7,12-17H2,(H,23,28). The molecular formula is C22H27N3O3. The van der Waals surface area contributed by atoms with E-state index in [0.29, 0.717) is 39.1 Å². The maximum absolute atomic E-state index is 12.4. The fourth-order valence-electron chi connectivity index (χ4n) is 3.30. The number of phenolic OH excluding ortho intramolecular Hbond substituents is 1. The van der Waals surface area contributed by atoms with Crippen LogP contribution in [0.2, 0.25) is 0 Å². The van der Waals surface area contributed by atoms with Gasteiger partial charge in [-0.1, -0.05) is 42.5 Å². The van der Waals surface area contributed by atoms with Crippen molar-refractivity contribution in [2.75, 3.05) is 32.7 Å². The molecule has 0 unspecified atom stereocenters. The number of carbonyl (C=O) groups is 2. The van der Waals surface area contributed by atoms with Crippen LogP contribution in [0.3, 0.4) is 0 Å². The minimum atomic E-state index is -0.0686. The zero-order chi connectivity index (χ0) is 19.8. The van der Waals surface area contributed by atoms with Crippen LogP contribution in [0.5, 0.6) is 5.75 Å². The molecule has 1 heterocycles. The average Bonchev–Trinajstić information content (AvgIpc) is 2.73. The number of rotatable bonds is 6. The lowest BCUT2D eigenvalue weighted by atomic mass is 10.1. The van der Waals surface area contributed by atoms with Crippen molar-refractivity contribution in [3.8, 4) is 5.75 Å². The zero-order valence-electron chi connectivity index (χ0n) is 16.0. The molecular weight excluding hydrogens is 354 g/mol. The van der Waals surface area contributed by atoms with Gasteiger partial charge >= 0.3 is 6.03 Å². The fourth-order valence-corrected chi connectivity index (χ4v) is 3.30. The summed E-state index contributed by atoms with van der Waals surface area (Å²) in [6, 6.07) is 16.8. The molecule has 0 radical (unpaired) electrons. The Morgan fingerprint density at radius 2 is 1.50 bits per heavy atom. The van der Waals surface area contributed by atoms with Gasteiger partial charge in [0.15, 0.2) is 0 Å². The van der Waals surface area contributed by atoms with Gasteiger partial charge in [-0.3, -0.25) is 4.79 Å². The lowest BCUT2D eigenvalue weighted by Gasteiger charge is -2.34. The number of phenols is 1. The second-order valence-electron chi connectivity index (χ2n) is 7.03. The van der Waals surface area contributed by atoms with Gasteiger partial charge in [0.05, 0.1) is 6.42 Å². The number of aryl methyl sites for hydroxylation is 1. The lowest BCUT2D eigenvalue weighted by Crippen LogP contribution is -2.53. The first-order chi connectivity index (χ1) is 13.6. The van der Waals surface area contributed by atoms with E-state index < -0.39 is 0 Å². The molecule has 1 aliphatic rings. The van der Waals surface area contributed by atoms with Crippen molar-refractivity contribution in [3.63, 3.8) is 0 Å². The van der Waals surface area contributed by atoms with Crippen molar-refractivity contribution < 1.29 is 14.7 Å². The molecule has 6 heteroatoms. The van der Waals surface area contributed by atoms with Gasteiger partial charge in [-0.15, -0.1) is 0 Å². The molecule has 0 spiro atoms. The third-order valence-corrected chi connectivity index (χ3v) is 4.97. The number of amides is 3. The number of hydrogen-bond acceptors (Lipinski definition) is 3. The van der Waals surface area contributed by atoms with Crippen molar-refractivity contribution in [2.45, 2.75) is 19.3 Å². The van der Waals surface area contributed by atoms with Crippen molar-refractivity contribution in [1.29, 1.82) is 0 Å². The molecule has 1 fully saturated rings. The average molecular weight is 381 g/mol.